The number of likely N-dealkylation sites (tertiary alicyclic amines) is 1. The number of ether oxygens (including phenoxy) is 1. The van der Waals surface area contributed by atoms with E-state index in [4.69, 9.17) is 4.74 Å². The van der Waals surface area contributed by atoms with Gasteiger partial charge in [0.15, 0.2) is 0 Å². The SMILES string of the molecule is C=CCN(C(=O)[C@H]1[C@H]2C(=O)N(CCCCO)C(C(=O)N(CC=C)C(C)C)C23CC(C)[C@]1(C)O3)c1ccccc1. The molecule has 0 aromatic heterocycles. The van der Waals surface area contributed by atoms with E-state index in [1.807, 2.05) is 51.1 Å². The summed E-state index contributed by atoms with van der Waals surface area (Å²) < 4.78 is 6.87. The minimum atomic E-state index is -1.10. The van der Waals surface area contributed by atoms with Crippen LogP contribution in [0, 0.1) is 17.8 Å². The lowest BCUT2D eigenvalue weighted by Crippen LogP contribution is -2.58. The first-order chi connectivity index (χ1) is 18.6. The molecular weight excluding hydrogens is 494 g/mol. The van der Waals surface area contributed by atoms with E-state index in [2.05, 4.69) is 20.1 Å². The highest BCUT2D eigenvalue weighted by Crippen LogP contribution is 2.65. The number of benzene rings is 1. The summed E-state index contributed by atoms with van der Waals surface area (Å²) >= 11 is 0. The van der Waals surface area contributed by atoms with Gasteiger partial charge in [-0.2, -0.15) is 0 Å². The zero-order valence-electron chi connectivity index (χ0n) is 23.7. The summed E-state index contributed by atoms with van der Waals surface area (Å²) in [5, 5.41) is 9.41. The van der Waals surface area contributed by atoms with Gasteiger partial charge in [0.1, 0.15) is 11.6 Å². The second-order valence-corrected chi connectivity index (χ2v) is 11.6. The van der Waals surface area contributed by atoms with E-state index >= 15 is 0 Å². The highest BCUT2D eigenvalue weighted by Gasteiger charge is 2.80. The Morgan fingerprint density at radius 1 is 1.15 bits per heavy atom. The van der Waals surface area contributed by atoms with Crippen molar-refractivity contribution in [1.29, 1.82) is 0 Å². The molecule has 3 saturated heterocycles. The fraction of sp³-hybridized carbons (Fsp3) is 0.581. The number of unbranched alkanes of at least 4 members (excludes halogenated alkanes) is 1. The van der Waals surface area contributed by atoms with Crippen LogP contribution in [0.5, 0.6) is 0 Å². The molecule has 0 radical (unpaired) electrons. The zero-order valence-corrected chi connectivity index (χ0v) is 23.7. The number of amides is 3. The van der Waals surface area contributed by atoms with Gasteiger partial charge in [-0.05, 0) is 58.1 Å². The number of anilines is 1. The van der Waals surface area contributed by atoms with E-state index in [1.165, 1.54) is 0 Å². The van der Waals surface area contributed by atoms with Gasteiger partial charge in [0.05, 0.1) is 17.4 Å². The van der Waals surface area contributed by atoms with Crippen LogP contribution in [-0.4, -0.2) is 82.2 Å². The number of carbonyl (C=O) groups is 3. The van der Waals surface area contributed by atoms with Gasteiger partial charge in [0, 0.05) is 38.0 Å². The van der Waals surface area contributed by atoms with Crippen molar-refractivity contribution in [3.63, 3.8) is 0 Å². The van der Waals surface area contributed by atoms with Gasteiger partial charge in [0.2, 0.25) is 17.7 Å². The van der Waals surface area contributed by atoms with Crippen LogP contribution in [0.4, 0.5) is 5.69 Å². The van der Waals surface area contributed by atoms with Crippen LogP contribution in [0.2, 0.25) is 0 Å². The molecule has 2 bridgehead atoms. The van der Waals surface area contributed by atoms with Crippen molar-refractivity contribution in [2.45, 2.75) is 70.2 Å². The molecule has 3 aliphatic heterocycles. The number of nitrogens with zero attached hydrogens (tertiary/aromatic N) is 3. The Bertz CT molecular complexity index is 1110. The second-order valence-electron chi connectivity index (χ2n) is 11.6. The van der Waals surface area contributed by atoms with Gasteiger partial charge < -0.3 is 24.5 Å². The van der Waals surface area contributed by atoms with E-state index in [1.54, 1.807) is 26.9 Å². The molecule has 0 aliphatic carbocycles. The molecule has 39 heavy (non-hydrogen) atoms. The molecule has 1 N–H and O–H groups in total. The number of para-hydroxylation sites is 1. The number of aliphatic hydroxyl groups is 1. The number of carbonyl (C=O) groups excluding carboxylic acids is 3. The van der Waals surface area contributed by atoms with Gasteiger partial charge in [-0.15, -0.1) is 13.2 Å². The summed E-state index contributed by atoms with van der Waals surface area (Å²) in [5.41, 5.74) is -1.28. The third kappa shape index (κ3) is 4.61. The summed E-state index contributed by atoms with van der Waals surface area (Å²) in [6.07, 6.45) is 4.96. The lowest BCUT2D eigenvalue weighted by molar-refractivity contribution is -0.153. The molecule has 4 rings (SSSR count). The Labute approximate surface area is 232 Å². The molecule has 212 valence electrons. The van der Waals surface area contributed by atoms with Crippen LogP contribution in [0.3, 0.4) is 0 Å². The lowest BCUT2D eigenvalue weighted by atomic mass is 9.62. The van der Waals surface area contributed by atoms with E-state index in [9.17, 15) is 19.5 Å². The number of aliphatic hydroxyl groups excluding tert-OH is 1. The minimum Gasteiger partial charge on any atom is -0.396 e. The van der Waals surface area contributed by atoms with Gasteiger partial charge in [-0.1, -0.05) is 37.3 Å². The average molecular weight is 538 g/mol. The largest absolute Gasteiger partial charge is 0.396 e. The Balaban J connectivity index is 1.82. The number of fused-ring (bicyclic) bond motifs is 1. The first-order valence-electron chi connectivity index (χ1n) is 14.1. The summed E-state index contributed by atoms with van der Waals surface area (Å²) in [4.78, 5) is 48.1. The van der Waals surface area contributed by atoms with Crippen LogP contribution in [0.1, 0.15) is 47.0 Å². The van der Waals surface area contributed by atoms with E-state index in [0.717, 1.165) is 5.69 Å². The number of rotatable bonds is 12. The van der Waals surface area contributed by atoms with Crippen LogP contribution in [-0.2, 0) is 19.1 Å². The van der Waals surface area contributed by atoms with Crippen LogP contribution < -0.4 is 4.90 Å². The molecule has 1 aromatic carbocycles. The molecule has 3 heterocycles. The van der Waals surface area contributed by atoms with Gasteiger partial charge in [-0.25, -0.2) is 0 Å². The zero-order chi connectivity index (χ0) is 28.5. The Morgan fingerprint density at radius 2 is 1.82 bits per heavy atom. The standard InChI is InChI=1S/C31H43N3O5/c1-7-16-32(21(3)4)29(38)26-31-20-22(5)30(6,39-31)24(25(31)28(37)34(26)18-12-13-19-35)27(36)33(17-8-2)23-14-10-9-11-15-23/h7-11,14-15,21-22,24-26,35H,1-2,12-13,16-20H2,3-6H3/t22?,24-,25+,26?,30+,31?/m1/s1. The van der Waals surface area contributed by atoms with E-state index < -0.39 is 29.1 Å². The van der Waals surface area contributed by atoms with Crippen LogP contribution >= 0.6 is 0 Å². The van der Waals surface area contributed by atoms with Crippen molar-refractivity contribution >= 4 is 23.4 Å². The van der Waals surface area contributed by atoms with E-state index in [0.29, 0.717) is 38.9 Å². The molecule has 3 aliphatic rings. The van der Waals surface area contributed by atoms with Crippen molar-refractivity contribution in [3.8, 4) is 0 Å². The average Bonchev–Trinajstić information content (AvgIpc) is 3.42. The molecule has 8 heteroatoms. The third-order valence-corrected chi connectivity index (χ3v) is 9.00. The number of hydrogen-bond donors (Lipinski definition) is 1. The monoisotopic (exact) mass is 537 g/mol. The maximum atomic E-state index is 14.4. The third-order valence-electron chi connectivity index (χ3n) is 9.00. The van der Waals surface area contributed by atoms with Crippen LogP contribution in [0.25, 0.3) is 0 Å². The van der Waals surface area contributed by atoms with Gasteiger partial charge in [0.25, 0.3) is 0 Å². The summed E-state index contributed by atoms with van der Waals surface area (Å²) in [6, 6.07) is 8.44. The normalized spacial score (nSPS) is 30.9. The molecule has 8 nitrogen and oxygen atoms in total. The highest BCUT2D eigenvalue weighted by atomic mass is 16.5. The van der Waals surface area contributed by atoms with Gasteiger partial charge in [-0.3, -0.25) is 14.4 Å². The van der Waals surface area contributed by atoms with Crippen molar-refractivity contribution in [2.24, 2.45) is 17.8 Å². The predicted octanol–water partition coefficient (Wildman–Crippen LogP) is 3.41. The molecule has 6 atom stereocenters. The first kappa shape index (κ1) is 29.0. The van der Waals surface area contributed by atoms with Crippen molar-refractivity contribution in [2.75, 3.05) is 31.1 Å². The molecule has 1 spiro atoms. The second kappa shape index (κ2) is 11.3. The smallest absolute Gasteiger partial charge is 0.248 e. The molecular formula is C31H43N3O5. The van der Waals surface area contributed by atoms with Crippen molar-refractivity contribution in [3.05, 3.63) is 55.6 Å². The molecule has 3 unspecified atom stereocenters. The maximum absolute atomic E-state index is 14.4. The molecule has 3 amide bonds. The number of hydrogen-bond acceptors (Lipinski definition) is 5. The highest BCUT2D eigenvalue weighted by molar-refractivity contribution is 6.03. The van der Waals surface area contributed by atoms with Gasteiger partial charge >= 0.3 is 0 Å². The summed E-state index contributed by atoms with van der Waals surface area (Å²) in [7, 11) is 0. The Hall–Kier alpha value is -2.97. The van der Waals surface area contributed by atoms with Crippen LogP contribution in [0.15, 0.2) is 55.6 Å². The Morgan fingerprint density at radius 3 is 2.41 bits per heavy atom. The quantitative estimate of drug-likeness (QED) is 0.326. The lowest BCUT2D eigenvalue weighted by Gasteiger charge is -2.39. The topological polar surface area (TPSA) is 90.4 Å². The molecule has 3 fully saturated rings. The predicted molar refractivity (Wildman–Crippen MR) is 151 cm³/mol. The minimum absolute atomic E-state index is 0.00407. The first-order valence-corrected chi connectivity index (χ1v) is 14.1. The maximum Gasteiger partial charge on any atom is 0.248 e. The summed E-state index contributed by atoms with van der Waals surface area (Å²) in [5.74, 6) is -2.15. The Kier molecular flexibility index (Phi) is 8.38. The van der Waals surface area contributed by atoms with E-state index in [-0.39, 0.29) is 36.3 Å². The van der Waals surface area contributed by atoms with Crippen molar-refractivity contribution in [1.82, 2.24) is 9.80 Å². The summed E-state index contributed by atoms with van der Waals surface area (Å²) in [6.45, 7) is 16.5. The molecule has 0 saturated carbocycles. The fourth-order valence-electron chi connectivity index (χ4n) is 7.11. The van der Waals surface area contributed by atoms with Crippen molar-refractivity contribution < 1.29 is 24.2 Å². The fourth-order valence-corrected chi connectivity index (χ4v) is 7.11. The molecule has 1 aromatic rings.